The van der Waals surface area contributed by atoms with Crippen LogP contribution in [0.2, 0.25) is 0 Å². The van der Waals surface area contributed by atoms with Gasteiger partial charge in [-0.25, -0.2) is 0 Å². The Bertz CT molecular complexity index is 557. The lowest BCUT2D eigenvalue weighted by molar-refractivity contribution is -0.0508. The van der Waals surface area contributed by atoms with Gasteiger partial charge in [-0.3, -0.25) is 4.90 Å². The molecule has 1 N–H and O–H groups in total. The lowest BCUT2D eigenvalue weighted by Crippen LogP contribution is -2.50. The zero-order valence-corrected chi connectivity index (χ0v) is 15.0. The summed E-state index contributed by atoms with van der Waals surface area (Å²) in [6.07, 6.45) is 9.57. The van der Waals surface area contributed by atoms with Gasteiger partial charge in [0, 0.05) is 31.5 Å². The number of benzene rings is 1. The number of hydrogen-bond acceptors (Lipinski definition) is 2. The number of piperidine rings is 1. The molecule has 0 aliphatic carbocycles. The molecule has 2 nitrogen and oxygen atoms in total. The lowest BCUT2D eigenvalue weighted by atomic mass is 9.83. The summed E-state index contributed by atoms with van der Waals surface area (Å²) < 4.78 is 0. The van der Waals surface area contributed by atoms with Gasteiger partial charge in [0.2, 0.25) is 0 Å². The molecule has 2 saturated heterocycles. The maximum atomic E-state index is 11.0. The molecular weight excluding hydrogens is 294 g/mol. The number of rotatable bonds is 6. The second-order valence-corrected chi connectivity index (χ2v) is 7.66. The van der Waals surface area contributed by atoms with Crippen molar-refractivity contribution in [2.24, 2.45) is 0 Å². The molecule has 2 bridgehead atoms. The average molecular weight is 325 g/mol. The van der Waals surface area contributed by atoms with Gasteiger partial charge in [-0.15, -0.1) is 11.8 Å². The summed E-state index contributed by atoms with van der Waals surface area (Å²) in [7, 11) is 0. The Labute approximate surface area is 147 Å². The largest absolute Gasteiger partial charge is 0.389 e. The van der Waals surface area contributed by atoms with Crippen LogP contribution in [0.4, 0.5) is 0 Å². The minimum absolute atomic E-state index is 0.524. The molecule has 1 aromatic rings. The van der Waals surface area contributed by atoms with Gasteiger partial charge in [0.05, 0.1) is 5.60 Å². The van der Waals surface area contributed by atoms with Gasteiger partial charge in [-0.05, 0) is 37.7 Å². The maximum absolute atomic E-state index is 11.0. The molecule has 2 unspecified atom stereocenters. The highest BCUT2D eigenvalue weighted by Crippen LogP contribution is 2.42. The minimum atomic E-state index is -0.559. The predicted molar refractivity (Wildman–Crippen MR) is 99.5 cm³/mol. The van der Waals surface area contributed by atoms with Gasteiger partial charge in [0.1, 0.15) is 0 Å². The van der Waals surface area contributed by atoms with Crippen LogP contribution in [0.5, 0.6) is 0 Å². The van der Waals surface area contributed by atoms with Crippen LogP contribution in [0.3, 0.4) is 0 Å². The van der Waals surface area contributed by atoms with E-state index in [2.05, 4.69) is 54.0 Å². The summed E-state index contributed by atoms with van der Waals surface area (Å²) in [5, 5.41) is 11.0. The van der Waals surface area contributed by atoms with Gasteiger partial charge in [-0.1, -0.05) is 50.1 Å². The molecule has 24 heavy (non-hydrogen) atoms. The first-order chi connectivity index (χ1) is 11.7. The topological polar surface area (TPSA) is 23.5 Å². The maximum Gasteiger partial charge on any atom is 0.0786 e. The summed E-state index contributed by atoms with van der Waals surface area (Å²) in [5.74, 6) is 6.54. The van der Waals surface area contributed by atoms with Crippen molar-refractivity contribution in [2.75, 3.05) is 0 Å². The van der Waals surface area contributed by atoms with E-state index in [0.29, 0.717) is 18.5 Å². The fourth-order valence-corrected chi connectivity index (χ4v) is 4.39. The average Bonchev–Trinajstić information content (AvgIpc) is 2.83. The van der Waals surface area contributed by atoms with Crippen LogP contribution >= 0.6 is 0 Å². The molecule has 0 spiro atoms. The first-order valence-corrected chi connectivity index (χ1v) is 9.68. The fourth-order valence-electron chi connectivity index (χ4n) is 4.39. The molecule has 0 aromatic heterocycles. The minimum Gasteiger partial charge on any atom is -0.389 e. The normalized spacial score (nSPS) is 29.2. The van der Waals surface area contributed by atoms with E-state index < -0.39 is 5.60 Å². The van der Waals surface area contributed by atoms with Crippen LogP contribution in [-0.4, -0.2) is 27.7 Å². The molecule has 0 amide bonds. The van der Waals surface area contributed by atoms with E-state index in [-0.39, 0.29) is 0 Å². The van der Waals surface area contributed by atoms with E-state index in [0.717, 1.165) is 25.8 Å². The zero-order chi connectivity index (χ0) is 16.8. The summed E-state index contributed by atoms with van der Waals surface area (Å²) in [6, 6.07) is 11.8. The van der Waals surface area contributed by atoms with Crippen LogP contribution in [-0.2, 0) is 6.54 Å². The van der Waals surface area contributed by atoms with Crippen LogP contribution < -0.4 is 0 Å². The van der Waals surface area contributed by atoms with E-state index in [1.165, 1.54) is 37.7 Å². The first-order valence-electron chi connectivity index (χ1n) is 9.68. The molecule has 2 heteroatoms. The third-order valence-electron chi connectivity index (χ3n) is 5.66. The summed E-state index contributed by atoms with van der Waals surface area (Å²) in [4.78, 5) is 2.62. The number of nitrogens with zero attached hydrogens (tertiary/aromatic N) is 1. The number of aliphatic hydroxyl groups is 1. The molecule has 2 heterocycles. The van der Waals surface area contributed by atoms with Crippen molar-refractivity contribution < 1.29 is 5.11 Å². The number of unbranched alkanes of at least 4 members (excludes halogenated alkanes) is 3. The van der Waals surface area contributed by atoms with E-state index in [1.54, 1.807) is 0 Å². The molecule has 130 valence electrons. The molecule has 1 aromatic carbocycles. The van der Waals surface area contributed by atoms with Gasteiger partial charge < -0.3 is 5.11 Å². The van der Waals surface area contributed by atoms with Crippen molar-refractivity contribution in [1.82, 2.24) is 4.90 Å². The van der Waals surface area contributed by atoms with Crippen molar-refractivity contribution in [3.8, 4) is 11.8 Å². The molecule has 0 saturated carbocycles. The van der Waals surface area contributed by atoms with Crippen molar-refractivity contribution >= 4 is 0 Å². The van der Waals surface area contributed by atoms with E-state index in [9.17, 15) is 5.11 Å². The second kappa shape index (κ2) is 8.19. The van der Waals surface area contributed by atoms with Crippen LogP contribution in [0.25, 0.3) is 0 Å². The van der Waals surface area contributed by atoms with E-state index in [4.69, 9.17) is 0 Å². The number of fused-ring (bicyclic) bond motifs is 2. The predicted octanol–water partition coefficient (Wildman–Crippen LogP) is 4.52. The number of hydrogen-bond donors (Lipinski definition) is 1. The molecule has 3 rings (SSSR count). The Morgan fingerprint density at radius 3 is 2.46 bits per heavy atom. The first kappa shape index (κ1) is 17.5. The monoisotopic (exact) mass is 325 g/mol. The van der Waals surface area contributed by atoms with Crippen molar-refractivity contribution in [3.05, 3.63) is 35.9 Å². The Morgan fingerprint density at radius 2 is 1.79 bits per heavy atom. The Balaban J connectivity index is 1.54. The Kier molecular flexibility index (Phi) is 5.98. The Hall–Kier alpha value is -1.30. The standard InChI is InChI=1S/C22H31NO/c1-2-3-4-5-6-10-15-22(24)16-20-13-14-21(17-22)23(20)18-19-11-8-7-9-12-19/h7-9,11-12,20-21,24H,2-5,13-18H2,1H3. The second-order valence-electron chi connectivity index (χ2n) is 7.66. The van der Waals surface area contributed by atoms with Gasteiger partial charge >= 0.3 is 0 Å². The molecule has 2 fully saturated rings. The lowest BCUT2D eigenvalue weighted by Gasteiger charge is -2.43. The SMILES string of the molecule is CCCCCC#CCC1(O)CC2CCC(C1)N2Cc1ccccc1. The highest BCUT2D eigenvalue weighted by molar-refractivity contribution is 5.16. The quantitative estimate of drug-likeness (QED) is 0.614. The third kappa shape index (κ3) is 4.41. The third-order valence-corrected chi connectivity index (χ3v) is 5.66. The highest BCUT2D eigenvalue weighted by Gasteiger charge is 2.46. The van der Waals surface area contributed by atoms with Gasteiger partial charge in [-0.2, -0.15) is 0 Å². The van der Waals surface area contributed by atoms with Crippen molar-refractivity contribution in [2.45, 2.75) is 88.9 Å². The molecule has 2 aliphatic heterocycles. The van der Waals surface area contributed by atoms with Crippen LogP contribution in [0, 0.1) is 11.8 Å². The van der Waals surface area contributed by atoms with Gasteiger partial charge in [0.15, 0.2) is 0 Å². The fraction of sp³-hybridized carbons (Fsp3) is 0.636. The summed E-state index contributed by atoms with van der Waals surface area (Å²) in [5.41, 5.74) is 0.826. The highest BCUT2D eigenvalue weighted by atomic mass is 16.3. The Morgan fingerprint density at radius 1 is 1.08 bits per heavy atom. The smallest absolute Gasteiger partial charge is 0.0786 e. The van der Waals surface area contributed by atoms with E-state index >= 15 is 0 Å². The van der Waals surface area contributed by atoms with Crippen molar-refractivity contribution in [1.29, 1.82) is 0 Å². The van der Waals surface area contributed by atoms with E-state index in [1.807, 2.05) is 0 Å². The van der Waals surface area contributed by atoms with Crippen LogP contribution in [0.1, 0.15) is 70.3 Å². The van der Waals surface area contributed by atoms with Gasteiger partial charge in [0.25, 0.3) is 0 Å². The molecule has 0 radical (unpaired) electrons. The molecular formula is C22H31NO. The molecule has 2 aliphatic rings. The zero-order valence-electron chi connectivity index (χ0n) is 15.0. The van der Waals surface area contributed by atoms with Crippen molar-refractivity contribution in [3.63, 3.8) is 0 Å². The molecule has 2 atom stereocenters. The summed E-state index contributed by atoms with van der Waals surface area (Å²) in [6.45, 7) is 3.24. The van der Waals surface area contributed by atoms with Crippen LogP contribution in [0.15, 0.2) is 30.3 Å². The summed E-state index contributed by atoms with van der Waals surface area (Å²) >= 11 is 0.